The normalized spacial score (nSPS) is 10.9. The number of ether oxygens (including phenoxy) is 1. The van der Waals surface area contributed by atoms with Gasteiger partial charge in [0.1, 0.15) is 12.9 Å². The number of alkyl halides is 1. The van der Waals surface area contributed by atoms with Gasteiger partial charge < -0.3 is 14.1 Å². The Kier molecular flexibility index (Phi) is 5.50. The van der Waals surface area contributed by atoms with E-state index in [1.807, 2.05) is 0 Å². The molecule has 1 rings (SSSR count). The maximum atomic E-state index is 5.58. The summed E-state index contributed by atoms with van der Waals surface area (Å²) < 4.78 is 10.4. The summed E-state index contributed by atoms with van der Waals surface area (Å²) in [5.74, 6) is 0.350. The Bertz CT molecular complexity index is 274. The number of oxazole rings is 1. The second-order valence-corrected chi connectivity index (χ2v) is 3.38. The predicted octanol–water partition coefficient (Wildman–Crippen LogP) is 2.13. The molecule has 0 saturated carbocycles. The molecule has 86 valence electrons. The number of likely N-dealkylation sites (N-methyl/N-ethyl adjacent to an activating group) is 1. The Morgan fingerprint density at radius 1 is 1.47 bits per heavy atom. The molecule has 15 heavy (non-hydrogen) atoms. The van der Waals surface area contributed by atoms with Gasteiger partial charge in [0.05, 0.1) is 11.6 Å². The molecule has 0 saturated heterocycles. The van der Waals surface area contributed by atoms with Crippen molar-refractivity contribution in [2.24, 2.45) is 0 Å². The molecular formula is C10H17ClN2O2. The summed E-state index contributed by atoms with van der Waals surface area (Å²) in [5, 5.41) is 0. The summed E-state index contributed by atoms with van der Waals surface area (Å²) in [4.78, 5) is 6.31. The Labute approximate surface area is 95.2 Å². The summed E-state index contributed by atoms with van der Waals surface area (Å²) in [6.45, 7) is 7.77. The number of aromatic nitrogens is 1. The standard InChI is InChI=1S/C10H17ClN2O2/c1-3-13(4-2)5-6-14-10-12-9(7-11)8-15-10/h8H,3-7H2,1-2H3. The molecule has 0 aliphatic carbocycles. The van der Waals surface area contributed by atoms with Gasteiger partial charge in [0, 0.05) is 6.54 Å². The van der Waals surface area contributed by atoms with Crippen LogP contribution in [0.5, 0.6) is 6.08 Å². The molecule has 0 aliphatic rings. The highest BCUT2D eigenvalue weighted by Crippen LogP contribution is 2.11. The summed E-state index contributed by atoms with van der Waals surface area (Å²) in [5.41, 5.74) is 0.703. The van der Waals surface area contributed by atoms with Crippen LogP contribution >= 0.6 is 11.6 Å². The molecule has 1 heterocycles. The molecular weight excluding hydrogens is 216 g/mol. The van der Waals surface area contributed by atoms with Crippen molar-refractivity contribution in [3.8, 4) is 6.08 Å². The van der Waals surface area contributed by atoms with E-state index in [9.17, 15) is 0 Å². The van der Waals surface area contributed by atoms with E-state index in [1.54, 1.807) is 0 Å². The van der Waals surface area contributed by atoms with Crippen molar-refractivity contribution >= 4 is 11.6 Å². The van der Waals surface area contributed by atoms with Crippen molar-refractivity contribution in [2.45, 2.75) is 19.7 Å². The number of nitrogens with zero attached hydrogens (tertiary/aromatic N) is 2. The maximum Gasteiger partial charge on any atom is 0.393 e. The van der Waals surface area contributed by atoms with Crippen LogP contribution in [-0.4, -0.2) is 36.1 Å². The molecule has 5 heteroatoms. The molecule has 0 atom stereocenters. The van der Waals surface area contributed by atoms with Crippen LogP contribution in [0, 0.1) is 0 Å². The first kappa shape index (κ1) is 12.3. The summed E-state index contributed by atoms with van der Waals surface area (Å²) in [6.07, 6.45) is 1.82. The highest BCUT2D eigenvalue weighted by molar-refractivity contribution is 6.16. The fraction of sp³-hybridized carbons (Fsp3) is 0.700. The Morgan fingerprint density at radius 3 is 2.73 bits per heavy atom. The van der Waals surface area contributed by atoms with E-state index in [4.69, 9.17) is 20.8 Å². The first-order valence-corrected chi connectivity index (χ1v) is 5.69. The Morgan fingerprint density at radius 2 is 2.20 bits per heavy atom. The van der Waals surface area contributed by atoms with Gasteiger partial charge >= 0.3 is 6.08 Å². The summed E-state index contributed by atoms with van der Waals surface area (Å²) in [7, 11) is 0. The average Bonchev–Trinajstić information content (AvgIpc) is 2.72. The zero-order chi connectivity index (χ0) is 11.1. The van der Waals surface area contributed by atoms with Crippen molar-refractivity contribution < 1.29 is 9.15 Å². The van der Waals surface area contributed by atoms with E-state index >= 15 is 0 Å². The molecule has 1 aromatic rings. The van der Waals surface area contributed by atoms with Gasteiger partial charge in [0.25, 0.3) is 0 Å². The second-order valence-electron chi connectivity index (χ2n) is 3.11. The monoisotopic (exact) mass is 232 g/mol. The largest absolute Gasteiger partial charge is 0.449 e. The van der Waals surface area contributed by atoms with Gasteiger partial charge in [-0.2, -0.15) is 4.98 Å². The lowest BCUT2D eigenvalue weighted by atomic mass is 10.5. The van der Waals surface area contributed by atoms with Crippen LogP contribution in [0.25, 0.3) is 0 Å². The molecule has 0 unspecified atom stereocenters. The predicted molar refractivity (Wildman–Crippen MR) is 59.3 cm³/mol. The lowest BCUT2D eigenvalue weighted by Crippen LogP contribution is -2.27. The number of halogens is 1. The molecule has 0 N–H and O–H groups in total. The quantitative estimate of drug-likeness (QED) is 0.676. The van der Waals surface area contributed by atoms with Crippen molar-refractivity contribution in [1.29, 1.82) is 0 Å². The molecule has 0 aliphatic heterocycles. The van der Waals surface area contributed by atoms with E-state index in [0.717, 1.165) is 19.6 Å². The van der Waals surface area contributed by atoms with Gasteiger partial charge in [-0.1, -0.05) is 13.8 Å². The first-order chi connectivity index (χ1) is 7.30. The maximum absolute atomic E-state index is 5.58. The zero-order valence-electron chi connectivity index (χ0n) is 9.20. The summed E-state index contributed by atoms with van der Waals surface area (Å²) >= 11 is 5.58. The van der Waals surface area contributed by atoms with Gasteiger partial charge in [-0.25, -0.2) is 0 Å². The van der Waals surface area contributed by atoms with E-state index in [2.05, 4.69) is 23.7 Å². The molecule has 0 amide bonds. The van der Waals surface area contributed by atoms with Crippen molar-refractivity contribution in [2.75, 3.05) is 26.2 Å². The van der Waals surface area contributed by atoms with Gasteiger partial charge in [0.2, 0.25) is 0 Å². The van der Waals surface area contributed by atoms with Crippen molar-refractivity contribution in [1.82, 2.24) is 9.88 Å². The third-order valence-electron chi connectivity index (χ3n) is 2.20. The molecule has 0 bridgehead atoms. The highest BCUT2D eigenvalue weighted by Gasteiger charge is 2.04. The van der Waals surface area contributed by atoms with Gasteiger partial charge in [-0.3, -0.25) is 0 Å². The molecule has 0 radical (unpaired) electrons. The first-order valence-electron chi connectivity index (χ1n) is 5.15. The molecule has 4 nitrogen and oxygen atoms in total. The van der Waals surface area contributed by atoms with Gasteiger partial charge in [-0.05, 0) is 13.1 Å². The van der Waals surface area contributed by atoms with E-state index < -0.39 is 0 Å². The topological polar surface area (TPSA) is 38.5 Å². The van der Waals surface area contributed by atoms with Crippen LogP contribution in [0.1, 0.15) is 19.5 Å². The molecule has 0 spiro atoms. The Hall–Kier alpha value is -0.740. The summed E-state index contributed by atoms with van der Waals surface area (Å²) in [6, 6.07) is 0. The lowest BCUT2D eigenvalue weighted by Gasteiger charge is -2.16. The minimum absolute atomic E-state index is 0.304. The zero-order valence-corrected chi connectivity index (χ0v) is 9.96. The average molecular weight is 233 g/mol. The SMILES string of the molecule is CCN(CC)CCOc1nc(CCl)co1. The number of hydrogen-bond donors (Lipinski definition) is 0. The minimum Gasteiger partial charge on any atom is -0.449 e. The fourth-order valence-corrected chi connectivity index (χ4v) is 1.34. The van der Waals surface area contributed by atoms with Crippen molar-refractivity contribution in [3.05, 3.63) is 12.0 Å². The second kappa shape index (κ2) is 6.69. The van der Waals surface area contributed by atoms with Crippen LogP contribution < -0.4 is 4.74 Å². The molecule has 1 aromatic heterocycles. The van der Waals surface area contributed by atoms with Crippen LogP contribution in [0.4, 0.5) is 0 Å². The molecule has 0 fully saturated rings. The fourth-order valence-electron chi connectivity index (χ4n) is 1.22. The third-order valence-corrected chi connectivity index (χ3v) is 2.47. The lowest BCUT2D eigenvalue weighted by molar-refractivity contribution is 0.183. The van der Waals surface area contributed by atoms with E-state index in [0.29, 0.717) is 24.3 Å². The molecule has 0 aromatic carbocycles. The number of hydrogen-bond acceptors (Lipinski definition) is 4. The van der Waals surface area contributed by atoms with Gasteiger partial charge in [-0.15, -0.1) is 11.6 Å². The van der Waals surface area contributed by atoms with Crippen LogP contribution in [-0.2, 0) is 5.88 Å². The van der Waals surface area contributed by atoms with Crippen LogP contribution in [0.2, 0.25) is 0 Å². The van der Waals surface area contributed by atoms with Gasteiger partial charge in [0.15, 0.2) is 0 Å². The van der Waals surface area contributed by atoms with Crippen LogP contribution in [0.3, 0.4) is 0 Å². The van der Waals surface area contributed by atoms with Crippen LogP contribution in [0.15, 0.2) is 10.7 Å². The Balaban J connectivity index is 2.25. The smallest absolute Gasteiger partial charge is 0.393 e. The van der Waals surface area contributed by atoms with Crippen molar-refractivity contribution in [3.63, 3.8) is 0 Å². The minimum atomic E-state index is 0.304. The highest BCUT2D eigenvalue weighted by atomic mass is 35.5. The third kappa shape index (κ3) is 4.10. The van der Waals surface area contributed by atoms with E-state index in [-0.39, 0.29) is 0 Å². The van der Waals surface area contributed by atoms with E-state index in [1.165, 1.54) is 6.26 Å². The number of rotatable bonds is 7.